The molecular formula is C19H23N3O2. The molecule has 5 nitrogen and oxygen atoms in total. The Bertz CT molecular complexity index is 741. The topological polar surface area (TPSA) is 70.2 Å². The molecule has 0 heterocycles. The zero-order valence-electron chi connectivity index (χ0n) is 14.3. The van der Waals surface area contributed by atoms with E-state index in [4.69, 9.17) is 0 Å². The summed E-state index contributed by atoms with van der Waals surface area (Å²) in [6.07, 6.45) is 0.359. The molecule has 5 heteroatoms. The van der Waals surface area contributed by atoms with Crippen molar-refractivity contribution < 1.29 is 9.59 Å². The molecular weight excluding hydrogens is 302 g/mol. The predicted octanol–water partition coefficient (Wildman–Crippen LogP) is 3.70. The van der Waals surface area contributed by atoms with E-state index in [2.05, 4.69) is 16.0 Å². The Labute approximate surface area is 142 Å². The van der Waals surface area contributed by atoms with Gasteiger partial charge in [-0.3, -0.25) is 9.59 Å². The van der Waals surface area contributed by atoms with Crippen molar-refractivity contribution in [2.75, 3.05) is 22.5 Å². The lowest BCUT2D eigenvalue weighted by Gasteiger charge is -2.11. The number of anilines is 3. The van der Waals surface area contributed by atoms with Gasteiger partial charge in [0.25, 0.3) is 0 Å². The number of rotatable bonds is 6. The fourth-order valence-electron chi connectivity index (χ4n) is 2.40. The molecule has 126 valence electrons. The first-order valence-electron chi connectivity index (χ1n) is 7.92. The van der Waals surface area contributed by atoms with Crippen LogP contribution < -0.4 is 16.0 Å². The highest BCUT2D eigenvalue weighted by Gasteiger charge is 2.05. The van der Waals surface area contributed by atoms with Gasteiger partial charge in [0.2, 0.25) is 11.8 Å². The van der Waals surface area contributed by atoms with Gasteiger partial charge in [-0.15, -0.1) is 0 Å². The van der Waals surface area contributed by atoms with Gasteiger partial charge in [0, 0.05) is 37.0 Å². The summed E-state index contributed by atoms with van der Waals surface area (Å²) in [6, 6.07) is 13.3. The highest BCUT2D eigenvalue weighted by atomic mass is 16.2. The molecule has 0 aliphatic carbocycles. The summed E-state index contributed by atoms with van der Waals surface area (Å²) in [5.41, 5.74) is 4.66. The highest BCUT2D eigenvalue weighted by Crippen LogP contribution is 2.17. The van der Waals surface area contributed by atoms with Crippen LogP contribution in [0.2, 0.25) is 0 Å². The Balaban J connectivity index is 1.83. The lowest BCUT2D eigenvalue weighted by Crippen LogP contribution is -2.17. The summed E-state index contributed by atoms with van der Waals surface area (Å²) in [4.78, 5) is 23.1. The first kappa shape index (κ1) is 17.5. The second-order valence-electron chi connectivity index (χ2n) is 5.81. The molecule has 2 rings (SSSR count). The molecule has 24 heavy (non-hydrogen) atoms. The van der Waals surface area contributed by atoms with Gasteiger partial charge in [0.1, 0.15) is 0 Å². The summed E-state index contributed by atoms with van der Waals surface area (Å²) in [5, 5.41) is 8.84. The van der Waals surface area contributed by atoms with Crippen molar-refractivity contribution in [3.63, 3.8) is 0 Å². The zero-order chi connectivity index (χ0) is 17.5. The number of amides is 2. The van der Waals surface area contributed by atoms with Crippen LogP contribution >= 0.6 is 0 Å². The van der Waals surface area contributed by atoms with Gasteiger partial charge in [0.05, 0.1) is 0 Å². The van der Waals surface area contributed by atoms with Gasteiger partial charge in [-0.25, -0.2) is 0 Å². The first-order valence-corrected chi connectivity index (χ1v) is 7.92. The molecule has 3 N–H and O–H groups in total. The number of nitrogens with one attached hydrogen (secondary N) is 3. The Kier molecular flexibility index (Phi) is 5.95. The van der Waals surface area contributed by atoms with Crippen LogP contribution in [0.4, 0.5) is 17.1 Å². The minimum Gasteiger partial charge on any atom is -0.384 e. The van der Waals surface area contributed by atoms with E-state index < -0.39 is 0 Å². The summed E-state index contributed by atoms with van der Waals surface area (Å²) in [7, 11) is 0. The van der Waals surface area contributed by atoms with E-state index >= 15 is 0 Å². The Morgan fingerprint density at radius 1 is 0.958 bits per heavy atom. The molecule has 0 saturated heterocycles. The highest BCUT2D eigenvalue weighted by molar-refractivity contribution is 5.92. The first-order chi connectivity index (χ1) is 11.4. The summed E-state index contributed by atoms with van der Waals surface area (Å²) in [5.74, 6) is -0.146. The van der Waals surface area contributed by atoms with Gasteiger partial charge in [-0.1, -0.05) is 23.8 Å². The molecule has 0 atom stereocenters. The van der Waals surface area contributed by atoms with Crippen LogP contribution in [0.15, 0.2) is 42.5 Å². The molecule has 0 saturated carbocycles. The van der Waals surface area contributed by atoms with E-state index in [1.54, 1.807) is 0 Å². The lowest BCUT2D eigenvalue weighted by atomic mass is 10.1. The molecule has 0 aliphatic rings. The molecule has 2 aromatic carbocycles. The van der Waals surface area contributed by atoms with Gasteiger partial charge in [-0.05, 0) is 43.7 Å². The van der Waals surface area contributed by atoms with E-state index in [1.807, 2.05) is 56.3 Å². The van der Waals surface area contributed by atoms with Gasteiger partial charge in [-0.2, -0.15) is 0 Å². The maximum Gasteiger partial charge on any atom is 0.226 e. The Hall–Kier alpha value is -2.82. The fraction of sp³-hybridized carbons (Fsp3) is 0.263. The van der Waals surface area contributed by atoms with Crippen LogP contribution in [-0.2, 0) is 9.59 Å². The quantitative estimate of drug-likeness (QED) is 0.758. The molecule has 0 radical (unpaired) electrons. The molecule has 2 amide bonds. The minimum atomic E-state index is -0.111. The predicted molar refractivity (Wildman–Crippen MR) is 98.4 cm³/mol. The van der Waals surface area contributed by atoms with Crippen LogP contribution in [0.3, 0.4) is 0 Å². The fourth-order valence-corrected chi connectivity index (χ4v) is 2.40. The summed E-state index contributed by atoms with van der Waals surface area (Å²) < 4.78 is 0. The molecule has 0 spiro atoms. The van der Waals surface area contributed by atoms with Crippen molar-refractivity contribution in [2.45, 2.75) is 27.2 Å². The third-order valence-electron chi connectivity index (χ3n) is 3.52. The molecule has 0 fully saturated rings. The number of carbonyl (C=O) groups is 2. The molecule has 0 unspecified atom stereocenters. The number of benzene rings is 2. The lowest BCUT2D eigenvalue weighted by molar-refractivity contribution is -0.116. The SMILES string of the molecule is CC(=O)Nc1cccc(NCCC(=O)Nc2ccc(C)cc2C)c1. The minimum absolute atomic E-state index is 0.0348. The zero-order valence-corrected chi connectivity index (χ0v) is 14.3. The number of hydrogen-bond acceptors (Lipinski definition) is 3. The van der Waals surface area contributed by atoms with Crippen LogP contribution in [0, 0.1) is 13.8 Å². The largest absolute Gasteiger partial charge is 0.384 e. The third-order valence-corrected chi connectivity index (χ3v) is 3.52. The van der Waals surface area contributed by atoms with Crippen LogP contribution in [-0.4, -0.2) is 18.4 Å². The number of hydrogen-bond donors (Lipinski definition) is 3. The van der Waals surface area contributed by atoms with Crippen molar-refractivity contribution in [3.8, 4) is 0 Å². The average Bonchev–Trinajstić information content (AvgIpc) is 2.50. The number of carbonyl (C=O) groups excluding carboxylic acids is 2. The second-order valence-corrected chi connectivity index (χ2v) is 5.81. The van der Waals surface area contributed by atoms with Gasteiger partial charge in [0.15, 0.2) is 0 Å². The van der Waals surface area contributed by atoms with E-state index in [1.165, 1.54) is 12.5 Å². The van der Waals surface area contributed by atoms with Crippen molar-refractivity contribution in [2.24, 2.45) is 0 Å². The van der Waals surface area contributed by atoms with Crippen molar-refractivity contribution in [1.82, 2.24) is 0 Å². The standard InChI is InChI=1S/C19H23N3O2/c1-13-7-8-18(14(2)11-13)22-19(24)9-10-20-16-5-4-6-17(12-16)21-15(3)23/h4-8,11-12,20H,9-10H2,1-3H3,(H,21,23)(H,22,24). The normalized spacial score (nSPS) is 10.1. The molecule has 0 aliphatic heterocycles. The maximum atomic E-state index is 12.0. The van der Waals surface area contributed by atoms with E-state index in [0.717, 1.165) is 22.6 Å². The van der Waals surface area contributed by atoms with E-state index in [9.17, 15) is 9.59 Å². The van der Waals surface area contributed by atoms with Crippen molar-refractivity contribution in [1.29, 1.82) is 0 Å². The van der Waals surface area contributed by atoms with Crippen LogP contribution in [0.1, 0.15) is 24.5 Å². The third kappa shape index (κ3) is 5.43. The van der Waals surface area contributed by atoms with Crippen molar-refractivity contribution in [3.05, 3.63) is 53.6 Å². The number of aryl methyl sites for hydroxylation is 2. The second kappa shape index (κ2) is 8.15. The molecule has 0 bridgehead atoms. The van der Waals surface area contributed by atoms with E-state index in [0.29, 0.717) is 13.0 Å². The monoisotopic (exact) mass is 325 g/mol. The van der Waals surface area contributed by atoms with Crippen LogP contribution in [0.25, 0.3) is 0 Å². The summed E-state index contributed by atoms with van der Waals surface area (Å²) >= 11 is 0. The average molecular weight is 325 g/mol. The van der Waals surface area contributed by atoms with Crippen molar-refractivity contribution >= 4 is 28.9 Å². The Morgan fingerprint density at radius 3 is 2.42 bits per heavy atom. The van der Waals surface area contributed by atoms with Gasteiger partial charge >= 0.3 is 0 Å². The Morgan fingerprint density at radius 2 is 1.71 bits per heavy atom. The molecule has 0 aromatic heterocycles. The summed E-state index contributed by atoms with van der Waals surface area (Å²) in [6.45, 7) is 5.99. The molecule has 2 aromatic rings. The maximum absolute atomic E-state index is 12.0. The van der Waals surface area contributed by atoms with E-state index in [-0.39, 0.29) is 11.8 Å². The van der Waals surface area contributed by atoms with Gasteiger partial charge < -0.3 is 16.0 Å². The van der Waals surface area contributed by atoms with Crippen LogP contribution in [0.5, 0.6) is 0 Å². The smallest absolute Gasteiger partial charge is 0.226 e.